The molecule has 0 saturated heterocycles. The number of hydrogen-bond donors (Lipinski definition) is 2. The molecule has 0 fully saturated rings. The Labute approximate surface area is 196 Å². The minimum atomic E-state index is -4.07. The quantitative estimate of drug-likeness (QED) is 0.322. The summed E-state index contributed by atoms with van der Waals surface area (Å²) in [7, 11) is -1.37. The van der Waals surface area contributed by atoms with Gasteiger partial charge < -0.3 is 14.6 Å². The van der Waals surface area contributed by atoms with Crippen LogP contribution in [-0.2, 0) is 20.6 Å². The topological polar surface area (TPSA) is 115 Å². The van der Waals surface area contributed by atoms with E-state index in [9.17, 15) is 13.2 Å². The zero-order valence-corrected chi connectivity index (χ0v) is 19.5. The fraction of sp³-hybridized carbons (Fsp3) is 0.130. The number of methoxy groups -OCH3 is 2. The third kappa shape index (κ3) is 6.50. The molecule has 172 valence electrons. The fourth-order valence-electron chi connectivity index (χ4n) is 2.89. The lowest BCUT2D eigenvalue weighted by Crippen LogP contribution is -2.14. The maximum atomic E-state index is 13.1. The number of pyridine rings is 1. The van der Waals surface area contributed by atoms with E-state index in [-0.39, 0.29) is 16.4 Å². The van der Waals surface area contributed by atoms with Crippen molar-refractivity contribution in [2.45, 2.75) is 15.5 Å². The number of sulfonamides is 1. The van der Waals surface area contributed by atoms with Crippen LogP contribution in [0.4, 0.5) is 5.69 Å². The van der Waals surface area contributed by atoms with Gasteiger partial charge in [-0.1, -0.05) is 6.07 Å². The van der Waals surface area contributed by atoms with E-state index in [1.165, 1.54) is 32.4 Å². The number of carbonyl (C=O) groups is 1. The number of anilines is 1. The number of nitrogens with zero attached hydrogens (tertiary/aromatic N) is 1. The van der Waals surface area contributed by atoms with Gasteiger partial charge in [-0.15, -0.1) is 11.8 Å². The van der Waals surface area contributed by atoms with Crippen molar-refractivity contribution in [1.82, 2.24) is 4.98 Å². The van der Waals surface area contributed by atoms with Crippen LogP contribution < -0.4 is 14.2 Å². The van der Waals surface area contributed by atoms with E-state index in [1.54, 1.807) is 36.3 Å². The highest BCUT2D eigenvalue weighted by molar-refractivity contribution is 7.98. The van der Waals surface area contributed by atoms with E-state index in [0.717, 1.165) is 22.3 Å². The van der Waals surface area contributed by atoms with Crippen LogP contribution in [-0.4, -0.2) is 38.7 Å². The number of hydrogen-bond acceptors (Lipinski definition) is 7. The molecule has 2 N–H and O–H groups in total. The highest BCUT2D eigenvalue weighted by Gasteiger charge is 2.24. The molecule has 0 amide bonds. The first-order valence-corrected chi connectivity index (χ1v) is 12.1. The summed E-state index contributed by atoms with van der Waals surface area (Å²) in [5.41, 5.74) is 1.79. The summed E-state index contributed by atoms with van der Waals surface area (Å²) in [4.78, 5) is 15.7. The molecule has 8 nitrogen and oxygen atoms in total. The summed E-state index contributed by atoms with van der Waals surface area (Å²) in [6.07, 6.45) is 5.71. The van der Waals surface area contributed by atoms with Gasteiger partial charge in [0.2, 0.25) is 0 Å². The Bertz CT molecular complexity index is 1240. The third-order valence-corrected chi connectivity index (χ3v) is 6.88. The Morgan fingerprint density at radius 1 is 1.15 bits per heavy atom. The molecule has 1 heterocycles. The number of nitrogens with one attached hydrogen (secondary N) is 1. The van der Waals surface area contributed by atoms with Crippen LogP contribution in [0.1, 0.15) is 11.1 Å². The molecule has 3 aromatic rings. The zero-order chi connectivity index (χ0) is 23.8. The van der Waals surface area contributed by atoms with E-state index in [1.807, 2.05) is 24.3 Å². The van der Waals surface area contributed by atoms with E-state index < -0.39 is 16.0 Å². The van der Waals surface area contributed by atoms with Crippen LogP contribution in [0.15, 0.2) is 76.8 Å². The normalized spacial score (nSPS) is 11.3. The van der Waals surface area contributed by atoms with Gasteiger partial charge in [0.05, 0.1) is 14.2 Å². The Morgan fingerprint density at radius 3 is 2.52 bits per heavy atom. The van der Waals surface area contributed by atoms with Gasteiger partial charge in [0.15, 0.2) is 11.5 Å². The Balaban J connectivity index is 1.83. The second-order valence-corrected chi connectivity index (χ2v) is 9.41. The predicted octanol–water partition coefficient (Wildman–Crippen LogP) is 4.29. The second kappa shape index (κ2) is 10.9. The second-order valence-electron chi connectivity index (χ2n) is 6.71. The number of carboxylic acids is 1. The number of carboxylic acid groups (broad SMARTS) is 1. The minimum Gasteiger partial charge on any atom is -0.493 e. The van der Waals surface area contributed by atoms with Crippen LogP contribution in [0.3, 0.4) is 0 Å². The van der Waals surface area contributed by atoms with Crippen molar-refractivity contribution in [3.05, 3.63) is 78.1 Å². The number of thioether (sulfide) groups is 1. The number of ether oxygens (including phenoxy) is 2. The summed E-state index contributed by atoms with van der Waals surface area (Å²) in [5, 5.41) is 8.87. The SMILES string of the molecule is COc1cc(/C=C/C(=O)O)cc(S(=O)(=O)Nc2ccc(SCc3cccnc3)cc2)c1OC. The monoisotopic (exact) mass is 486 g/mol. The molecule has 0 bridgehead atoms. The Morgan fingerprint density at radius 2 is 1.91 bits per heavy atom. The molecule has 0 radical (unpaired) electrons. The molecule has 0 atom stereocenters. The predicted molar refractivity (Wildman–Crippen MR) is 127 cm³/mol. The molecule has 2 aromatic carbocycles. The van der Waals surface area contributed by atoms with Crippen molar-refractivity contribution in [3.8, 4) is 11.5 Å². The summed E-state index contributed by atoms with van der Waals surface area (Å²) in [5.74, 6) is -0.241. The van der Waals surface area contributed by atoms with Crippen molar-refractivity contribution in [2.75, 3.05) is 18.9 Å². The van der Waals surface area contributed by atoms with Crippen molar-refractivity contribution in [3.63, 3.8) is 0 Å². The van der Waals surface area contributed by atoms with Gasteiger partial charge >= 0.3 is 5.97 Å². The lowest BCUT2D eigenvalue weighted by atomic mass is 10.2. The third-order valence-electron chi connectivity index (χ3n) is 4.41. The van der Waals surface area contributed by atoms with Crippen LogP contribution in [0.2, 0.25) is 0 Å². The first-order valence-electron chi connectivity index (χ1n) is 9.64. The minimum absolute atomic E-state index is 0.0149. The van der Waals surface area contributed by atoms with Crippen molar-refractivity contribution in [2.24, 2.45) is 0 Å². The molecule has 0 aliphatic rings. The molecule has 3 rings (SSSR count). The van der Waals surface area contributed by atoms with Gasteiger partial charge in [0.1, 0.15) is 4.90 Å². The van der Waals surface area contributed by atoms with Crippen molar-refractivity contribution in [1.29, 1.82) is 0 Å². The smallest absolute Gasteiger partial charge is 0.328 e. The van der Waals surface area contributed by atoms with Crippen LogP contribution in [0.5, 0.6) is 11.5 Å². The van der Waals surface area contributed by atoms with E-state index in [4.69, 9.17) is 14.6 Å². The number of benzene rings is 2. The summed E-state index contributed by atoms with van der Waals surface area (Å²) in [6.45, 7) is 0. The number of aliphatic carboxylic acids is 1. The standard InChI is InChI=1S/C23H22N2O6S2/c1-30-20-12-16(5-10-22(26)27)13-21(23(20)31-2)33(28,29)25-18-6-8-19(9-7-18)32-15-17-4-3-11-24-14-17/h3-14,25H,15H2,1-2H3,(H,26,27)/b10-5+. The Hall–Kier alpha value is -3.50. The fourth-order valence-corrected chi connectivity index (χ4v) is 5.00. The average Bonchev–Trinajstić information content (AvgIpc) is 2.82. The van der Waals surface area contributed by atoms with Gasteiger partial charge in [-0.25, -0.2) is 13.2 Å². The molecule has 0 saturated carbocycles. The van der Waals surface area contributed by atoms with Gasteiger partial charge in [-0.2, -0.15) is 0 Å². The Kier molecular flexibility index (Phi) is 7.96. The van der Waals surface area contributed by atoms with Crippen molar-refractivity contribution >= 4 is 39.5 Å². The molecular formula is C23H22N2O6S2. The molecule has 0 unspecified atom stereocenters. The molecule has 10 heteroatoms. The van der Waals surface area contributed by atoms with E-state index in [2.05, 4.69) is 9.71 Å². The summed E-state index contributed by atoms with van der Waals surface area (Å²) >= 11 is 1.61. The van der Waals surface area contributed by atoms with Gasteiger partial charge in [0, 0.05) is 34.8 Å². The molecular weight excluding hydrogens is 464 g/mol. The van der Waals surface area contributed by atoms with Gasteiger partial charge in [-0.3, -0.25) is 9.71 Å². The molecule has 0 aliphatic carbocycles. The first-order chi connectivity index (χ1) is 15.8. The highest BCUT2D eigenvalue weighted by atomic mass is 32.2. The lowest BCUT2D eigenvalue weighted by molar-refractivity contribution is -0.131. The van der Waals surface area contributed by atoms with Crippen LogP contribution in [0.25, 0.3) is 6.08 Å². The molecule has 0 spiro atoms. The highest BCUT2D eigenvalue weighted by Crippen LogP contribution is 2.37. The van der Waals surface area contributed by atoms with Crippen LogP contribution >= 0.6 is 11.8 Å². The van der Waals surface area contributed by atoms with E-state index >= 15 is 0 Å². The first kappa shape index (κ1) is 24.1. The average molecular weight is 487 g/mol. The maximum Gasteiger partial charge on any atom is 0.328 e. The van der Waals surface area contributed by atoms with Crippen molar-refractivity contribution < 1.29 is 27.8 Å². The molecule has 1 aromatic heterocycles. The maximum absolute atomic E-state index is 13.1. The van der Waals surface area contributed by atoms with Gasteiger partial charge in [0.25, 0.3) is 10.0 Å². The summed E-state index contributed by atoms with van der Waals surface area (Å²) in [6, 6.07) is 13.7. The largest absolute Gasteiger partial charge is 0.493 e. The summed E-state index contributed by atoms with van der Waals surface area (Å²) < 4.78 is 39.3. The number of aromatic nitrogens is 1. The van der Waals surface area contributed by atoms with Crippen LogP contribution in [0, 0.1) is 0 Å². The molecule has 33 heavy (non-hydrogen) atoms. The molecule has 0 aliphatic heterocycles. The lowest BCUT2D eigenvalue weighted by Gasteiger charge is -2.15. The number of rotatable bonds is 10. The van der Waals surface area contributed by atoms with Gasteiger partial charge in [-0.05, 0) is 59.7 Å². The van der Waals surface area contributed by atoms with E-state index in [0.29, 0.717) is 11.3 Å². The zero-order valence-electron chi connectivity index (χ0n) is 17.9.